The van der Waals surface area contributed by atoms with Crippen LogP contribution in [-0.2, 0) is 104 Å². The molecule has 0 N–H and O–H groups in total. The normalized spacial score (nSPS) is 12.1. The van der Waals surface area contributed by atoms with E-state index in [2.05, 4.69) is 107 Å². The molecule has 0 aliphatic rings. The summed E-state index contributed by atoms with van der Waals surface area (Å²) in [6.45, 7) is 26.4. The van der Waals surface area contributed by atoms with Crippen LogP contribution in [0.25, 0.3) is 0 Å². The highest BCUT2D eigenvalue weighted by molar-refractivity contribution is 7.42. The summed E-state index contributed by atoms with van der Waals surface area (Å²) in [6, 6.07) is 23.5. The molecule has 0 spiro atoms. The summed E-state index contributed by atoms with van der Waals surface area (Å²) in [4.78, 5) is 48.0. The van der Waals surface area contributed by atoms with Crippen molar-refractivity contribution in [2.24, 2.45) is 0 Å². The molecule has 0 saturated carbocycles. The van der Waals surface area contributed by atoms with Gasteiger partial charge in [-0.3, -0.25) is 28.2 Å². The molecule has 0 fully saturated rings. The molecule has 4 aromatic carbocycles. The molecular formula is C62H88O16P2. The van der Waals surface area contributed by atoms with Crippen molar-refractivity contribution in [1.82, 2.24) is 0 Å². The standard InChI is InChI=1S/C62H88O16P2/c1-59(2,3)47-39-43(21-29-55(63)67-13)17-25-51(47)75-79(76-52-26-18-44(22-30-56(64)68-14)40-48(52)60(4,5)6)73-37-35-71-33-34-72-36-38-74-80(77-53-27-19-45(23-31-57(65)69-15)41-49(53)61(7,8)9)78-54-28-20-46(24-32-58(66)70-16)42-50(54)62(10,11)12/h17-20,25-28,39-42H,21-24,29-38H2,1-16H3. The van der Waals surface area contributed by atoms with Gasteiger partial charge in [0.25, 0.3) is 0 Å². The summed E-state index contributed by atoms with van der Waals surface area (Å²) in [5.74, 6) is 1.24. The first-order valence-electron chi connectivity index (χ1n) is 27.2. The van der Waals surface area contributed by atoms with Crippen molar-refractivity contribution in [3.8, 4) is 23.0 Å². The minimum Gasteiger partial charge on any atom is -0.469 e. The van der Waals surface area contributed by atoms with Crippen LogP contribution in [0.1, 0.15) is 153 Å². The van der Waals surface area contributed by atoms with Crippen LogP contribution < -0.4 is 18.1 Å². The first-order chi connectivity index (χ1) is 37.6. The Morgan fingerprint density at radius 2 is 0.550 bits per heavy atom. The third-order valence-electron chi connectivity index (χ3n) is 12.7. The number of carbonyl (C=O) groups is 4. The molecule has 0 aromatic heterocycles. The lowest BCUT2D eigenvalue weighted by molar-refractivity contribution is -0.141. The van der Waals surface area contributed by atoms with Crippen molar-refractivity contribution < 1.29 is 74.7 Å². The molecule has 16 nitrogen and oxygen atoms in total. The van der Waals surface area contributed by atoms with Gasteiger partial charge in [0.05, 0.1) is 68.1 Å². The van der Waals surface area contributed by atoms with Crippen LogP contribution in [-0.4, -0.2) is 92.0 Å². The summed E-state index contributed by atoms with van der Waals surface area (Å²) < 4.78 is 70.9. The van der Waals surface area contributed by atoms with E-state index in [9.17, 15) is 19.2 Å². The van der Waals surface area contributed by atoms with Crippen molar-refractivity contribution in [1.29, 1.82) is 0 Å². The number of benzene rings is 4. The Balaban J connectivity index is 1.47. The first-order valence-corrected chi connectivity index (χ1v) is 29.4. The fourth-order valence-corrected chi connectivity index (χ4v) is 10.1. The zero-order valence-corrected chi connectivity index (χ0v) is 52.0. The number of carbonyl (C=O) groups excluding carboxylic acids is 4. The topological polar surface area (TPSA) is 179 Å². The number of rotatable bonds is 31. The van der Waals surface area contributed by atoms with Gasteiger partial charge in [0.2, 0.25) is 0 Å². The predicted molar refractivity (Wildman–Crippen MR) is 312 cm³/mol. The molecule has 80 heavy (non-hydrogen) atoms. The summed E-state index contributed by atoms with van der Waals surface area (Å²) in [5, 5.41) is 0. The molecule has 0 radical (unpaired) electrons. The second kappa shape index (κ2) is 31.8. The van der Waals surface area contributed by atoms with Gasteiger partial charge in [-0.05, 0) is 93.9 Å². The predicted octanol–water partition coefficient (Wildman–Crippen LogP) is 13.4. The Kier molecular flexibility index (Phi) is 26.7. The van der Waals surface area contributed by atoms with Gasteiger partial charge in [-0.2, -0.15) is 0 Å². The Labute approximate surface area is 478 Å². The third kappa shape index (κ3) is 22.9. The average Bonchev–Trinajstić information content (AvgIpc) is 3.50. The molecule has 18 heteroatoms. The molecule has 4 rings (SSSR count). The van der Waals surface area contributed by atoms with Gasteiger partial charge in [-0.1, -0.05) is 132 Å². The number of ether oxygens (including phenoxy) is 6. The van der Waals surface area contributed by atoms with Gasteiger partial charge < -0.3 is 46.5 Å². The monoisotopic (exact) mass is 1150 g/mol. The van der Waals surface area contributed by atoms with Crippen LogP contribution in [0.2, 0.25) is 0 Å². The van der Waals surface area contributed by atoms with Crippen molar-refractivity contribution in [3.05, 3.63) is 117 Å². The van der Waals surface area contributed by atoms with E-state index in [0.29, 0.717) is 48.7 Å². The number of aryl methyl sites for hydroxylation is 4. The fraction of sp³-hybridized carbons (Fsp3) is 0.548. The van der Waals surface area contributed by atoms with Crippen molar-refractivity contribution in [3.63, 3.8) is 0 Å². The molecule has 0 atom stereocenters. The molecule has 442 valence electrons. The smallest absolute Gasteiger partial charge is 0.463 e. The highest BCUT2D eigenvalue weighted by Crippen LogP contribution is 2.49. The lowest BCUT2D eigenvalue weighted by Gasteiger charge is -2.28. The maximum atomic E-state index is 12.0. The van der Waals surface area contributed by atoms with E-state index in [4.69, 9.17) is 55.6 Å². The number of esters is 4. The van der Waals surface area contributed by atoms with E-state index < -0.39 is 17.2 Å². The molecule has 0 unspecified atom stereocenters. The number of methoxy groups -OCH3 is 4. The number of hydrogen-bond donors (Lipinski definition) is 0. The Morgan fingerprint density at radius 1 is 0.338 bits per heavy atom. The Bertz CT molecular complexity index is 2280. The van der Waals surface area contributed by atoms with E-state index >= 15 is 0 Å². The van der Waals surface area contributed by atoms with Gasteiger partial charge in [0.15, 0.2) is 0 Å². The minimum atomic E-state index is -2.04. The van der Waals surface area contributed by atoms with Crippen LogP contribution in [0, 0.1) is 0 Å². The molecule has 0 amide bonds. The van der Waals surface area contributed by atoms with Gasteiger partial charge >= 0.3 is 41.1 Å². The Hall–Kier alpha value is -5.34. The van der Waals surface area contributed by atoms with Crippen LogP contribution >= 0.6 is 17.2 Å². The van der Waals surface area contributed by atoms with Crippen LogP contribution in [0.3, 0.4) is 0 Å². The van der Waals surface area contributed by atoms with Crippen molar-refractivity contribution >= 4 is 41.1 Å². The van der Waals surface area contributed by atoms with E-state index in [1.807, 2.05) is 48.5 Å². The molecule has 0 aliphatic carbocycles. The zero-order valence-electron chi connectivity index (χ0n) is 50.3. The molecule has 0 aliphatic heterocycles. The van der Waals surface area contributed by atoms with E-state index in [1.54, 1.807) is 0 Å². The van der Waals surface area contributed by atoms with E-state index in [1.165, 1.54) is 28.4 Å². The molecule has 0 saturated heterocycles. The lowest BCUT2D eigenvalue weighted by Crippen LogP contribution is -2.17. The van der Waals surface area contributed by atoms with Crippen molar-refractivity contribution in [2.45, 2.75) is 156 Å². The highest BCUT2D eigenvalue weighted by Gasteiger charge is 2.30. The SMILES string of the molecule is COC(=O)CCc1ccc(OP(OCCOCCOCCOP(Oc2ccc(CCC(=O)OC)cc2C(C)(C)C)Oc2ccc(CCC(=O)OC)cc2C(C)(C)C)Oc2ccc(CCC(=O)OC)cc2C(C)(C)C)c(C(C)(C)C)c1. The summed E-state index contributed by atoms with van der Waals surface area (Å²) >= 11 is 0. The summed E-state index contributed by atoms with van der Waals surface area (Å²) in [6.07, 6.45) is 3.07. The van der Waals surface area contributed by atoms with Gasteiger partial charge in [0.1, 0.15) is 23.0 Å². The fourth-order valence-electron chi connectivity index (χ4n) is 8.11. The van der Waals surface area contributed by atoms with Crippen LogP contribution in [0.5, 0.6) is 23.0 Å². The second-order valence-corrected chi connectivity index (χ2v) is 25.5. The number of hydrogen-bond acceptors (Lipinski definition) is 16. The lowest BCUT2D eigenvalue weighted by atomic mass is 9.85. The maximum Gasteiger partial charge on any atom is 0.463 e. The first kappa shape index (κ1) is 67.2. The minimum absolute atomic E-state index is 0.142. The van der Waals surface area contributed by atoms with Gasteiger partial charge in [0, 0.05) is 47.9 Å². The Morgan fingerprint density at radius 3 is 0.750 bits per heavy atom. The maximum absolute atomic E-state index is 12.0. The van der Waals surface area contributed by atoms with E-state index in [-0.39, 0.29) is 111 Å². The van der Waals surface area contributed by atoms with E-state index in [0.717, 1.165) is 44.5 Å². The zero-order chi connectivity index (χ0) is 59.3. The molecule has 0 heterocycles. The molecule has 0 bridgehead atoms. The van der Waals surface area contributed by atoms with Crippen molar-refractivity contribution in [2.75, 3.05) is 68.1 Å². The quantitative estimate of drug-likeness (QED) is 0.0201. The van der Waals surface area contributed by atoms with Crippen LogP contribution in [0.4, 0.5) is 0 Å². The summed E-state index contributed by atoms with van der Waals surface area (Å²) in [5.41, 5.74) is 6.24. The van der Waals surface area contributed by atoms with Crippen LogP contribution in [0.15, 0.2) is 72.8 Å². The average molecular weight is 1150 g/mol. The summed E-state index contributed by atoms with van der Waals surface area (Å²) in [7, 11) is 1.46. The largest absolute Gasteiger partial charge is 0.469 e. The third-order valence-corrected chi connectivity index (χ3v) is 14.9. The van der Waals surface area contributed by atoms with Gasteiger partial charge in [-0.25, -0.2) is 0 Å². The molecular weight excluding hydrogens is 1060 g/mol. The molecule has 4 aromatic rings. The van der Waals surface area contributed by atoms with Gasteiger partial charge in [-0.15, -0.1) is 0 Å². The second-order valence-electron chi connectivity index (χ2n) is 23.3. The highest BCUT2D eigenvalue weighted by atomic mass is 31.2.